The van der Waals surface area contributed by atoms with Gasteiger partial charge in [0.25, 0.3) is 0 Å². The van der Waals surface area contributed by atoms with Crippen LogP contribution in [0, 0.1) is 12.7 Å². The minimum absolute atomic E-state index is 0.0417. The van der Waals surface area contributed by atoms with Crippen LogP contribution in [-0.4, -0.2) is 50.0 Å². The number of anilines is 1. The van der Waals surface area contributed by atoms with Gasteiger partial charge in [-0.3, -0.25) is 13.9 Å². The Kier molecular flexibility index (Phi) is 11.2. The summed E-state index contributed by atoms with van der Waals surface area (Å²) in [5.41, 5.74) is 1.93. The molecule has 1 N–H and O–H groups in total. The number of carbonyl (C=O) groups excluding carboxylic acids is 2. The number of hydrogen-bond acceptors (Lipinski definition) is 4. The maximum atomic E-state index is 13.6. The third kappa shape index (κ3) is 8.93. The first-order valence-corrected chi connectivity index (χ1v) is 15.8. The van der Waals surface area contributed by atoms with E-state index in [1.165, 1.54) is 16.4 Å². The molecular formula is C29H39ClFN3O4S. The molecule has 2 aromatic rings. The van der Waals surface area contributed by atoms with Crippen LogP contribution in [0.1, 0.15) is 69.4 Å². The number of carbonyl (C=O) groups is 2. The Morgan fingerprint density at radius 3 is 2.38 bits per heavy atom. The first kappa shape index (κ1) is 30.9. The Hall–Kier alpha value is -2.65. The van der Waals surface area contributed by atoms with Gasteiger partial charge >= 0.3 is 0 Å². The summed E-state index contributed by atoms with van der Waals surface area (Å²) in [6.45, 7) is 3.90. The molecule has 1 aliphatic rings. The van der Waals surface area contributed by atoms with Crippen LogP contribution in [0.4, 0.5) is 10.1 Å². The summed E-state index contributed by atoms with van der Waals surface area (Å²) in [6.07, 6.45) is 7.00. The van der Waals surface area contributed by atoms with Gasteiger partial charge in [0, 0.05) is 30.6 Å². The van der Waals surface area contributed by atoms with Crippen LogP contribution in [0.15, 0.2) is 42.5 Å². The van der Waals surface area contributed by atoms with Crippen LogP contribution in [0.3, 0.4) is 0 Å². The first-order chi connectivity index (χ1) is 18.5. The van der Waals surface area contributed by atoms with Crippen molar-refractivity contribution in [3.05, 3.63) is 64.4 Å². The number of sulfonamides is 1. The molecule has 10 heteroatoms. The van der Waals surface area contributed by atoms with E-state index in [9.17, 15) is 22.4 Å². The molecule has 214 valence electrons. The summed E-state index contributed by atoms with van der Waals surface area (Å²) >= 11 is 6.13. The van der Waals surface area contributed by atoms with E-state index in [0.29, 0.717) is 22.7 Å². The number of rotatable bonds is 12. The third-order valence-electron chi connectivity index (χ3n) is 7.20. The normalized spacial score (nSPS) is 15.0. The molecular weight excluding hydrogens is 541 g/mol. The molecule has 2 amide bonds. The molecule has 39 heavy (non-hydrogen) atoms. The van der Waals surface area contributed by atoms with Crippen molar-refractivity contribution in [2.45, 2.75) is 83.8 Å². The van der Waals surface area contributed by atoms with Gasteiger partial charge in [-0.1, -0.05) is 56.0 Å². The standard InChI is InChI=1S/C29H39ClFN3O4S/c1-4-26(29(36)32-25-9-6-5-7-10-25)33(20-22-13-16-24(31)17-14-22)28(35)11-8-18-34(39(3,37)38)27-19-23(30)15-12-21(27)2/h12-17,19,25-26H,4-11,18,20H2,1-3H3,(H,32,36)/t26-/m0/s1. The number of aryl methyl sites for hydroxylation is 1. The van der Waals surface area contributed by atoms with Crippen molar-refractivity contribution < 1.29 is 22.4 Å². The SMILES string of the molecule is CC[C@@H](C(=O)NC1CCCCC1)N(Cc1ccc(F)cc1)C(=O)CCCN(c1cc(Cl)ccc1C)S(C)(=O)=O. The Bertz CT molecular complexity index is 1230. The fraction of sp³-hybridized carbons (Fsp3) is 0.517. The van der Waals surface area contributed by atoms with Crippen molar-refractivity contribution in [3.63, 3.8) is 0 Å². The Labute approximate surface area is 236 Å². The molecule has 0 aromatic heterocycles. The maximum Gasteiger partial charge on any atom is 0.243 e. The van der Waals surface area contributed by atoms with E-state index in [4.69, 9.17) is 11.6 Å². The molecule has 0 heterocycles. The molecule has 7 nitrogen and oxygen atoms in total. The smallest absolute Gasteiger partial charge is 0.243 e. The molecule has 0 spiro atoms. The van der Waals surface area contributed by atoms with E-state index in [-0.39, 0.29) is 49.6 Å². The summed E-state index contributed by atoms with van der Waals surface area (Å²) in [7, 11) is -3.63. The van der Waals surface area contributed by atoms with Crippen molar-refractivity contribution >= 4 is 39.1 Å². The van der Waals surface area contributed by atoms with Crippen LogP contribution in [0.25, 0.3) is 0 Å². The summed E-state index contributed by atoms with van der Waals surface area (Å²) in [5.74, 6) is -0.829. The molecule has 1 fully saturated rings. The number of benzene rings is 2. The predicted octanol–water partition coefficient (Wildman–Crippen LogP) is 5.59. The monoisotopic (exact) mass is 579 g/mol. The van der Waals surface area contributed by atoms with Gasteiger partial charge in [0.1, 0.15) is 11.9 Å². The van der Waals surface area contributed by atoms with Crippen molar-refractivity contribution in [2.75, 3.05) is 17.1 Å². The summed E-state index contributed by atoms with van der Waals surface area (Å²) < 4.78 is 40.0. The van der Waals surface area contributed by atoms with E-state index < -0.39 is 16.1 Å². The molecule has 0 aliphatic heterocycles. The molecule has 0 saturated heterocycles. The molecule has 0 unspecified atom stereocenters. The van der Waals surface area contributed by atoms with Crippen molar-refractivity contribution in [3.8, 4) is 0 Å². The average Bonchev–Trinajstić information content (AvgIpc) is 2.89. The number of hydrogen-bond donors (Lipinski definition) is 1. The van der Waals surface area contributed by atoms with Gasteiger partial charge in [-0.25, -0.2) is 12.8 Å². The van der Waals surface area contributed by atoms with Gasteiger partial charge in [-0.05, 0) is 68.0 Å². The summed E-state index contributed by atoms with van der Waals surface area (Å²) in [4.78, 5) is 28.5. The van der Waals surface area contributed by atoms with Crippen LogP contribution in [0.2, 0.25) is 5.02 Å². The Morgan fingerprint density at radius 1 is 1.10 bits per heavy atom. The quantitative estimate of drug-likeness (QED) is 0.355. The molecule has 0 radical (unpaired) electrons. The molecule has 1 saturated carbocycles. The molecule has 0 bridgehead atoms. The lowest BCUT2D eigenvalue weighted by Crippen LogP contribution is -2.51. The Balaban J connectivity index is 1.77. The van der Waals surface area contributed by atoms with Crippen LogP contribution in [-0.2, 0) is 26.2 Å². The first-order valence-electron chi connectivity index (χ1n) is 13.6. The molecule has 2 aromatic carbocycles. The Morgan fingerprint density at radius 2 is 1.77 bits per heavy atom. The van der Waals surface area contributed by atoms with E-state index in [1.54, 1.807) is 42.2 Å². The second-order valence-electron chi connectivity index (χ2n) is 10.3. The van der Waals surface area contributed by atoms with E-state index in [1.807, 2.05) is 6.92 Å². The fourth-order valence-corrected chi connectivity index (χ4v) is 6.27. The lowest BCUT2D eigenvalue weighted by molar-refractivity contribution is -0.141. The van der Waals surface area contributed by atoms with E-state index in [2.05, 4.69) is 5.32 Å². The number of nitrogens with one attached hydrogen (secondary N) is 1. The zero-order valence-corrected chi connectivity index (χ0v) is 24.5. The lowest BCUT2D eigenvalue weighted by Gasteiger charge is -2.33. The predicted molar refractivity (Wildman–Crippen MR) is 154 cm³/mol. The molecule has 1 aliphatic carbocycles. The minimum Gasteiger partial charge on any atom is -0.352 e. The van der Waals surface area contributed by atoms with Crippen molar-refractivity contribution in [1.82, 2.24) is 10.2 Å². The van der Waals surface area contributed by atoms with Crippen molar-refractivity contribution in [1.29, 1.82) is 0 Å². The third-order valence-corrected chi connectivity index (χ3v) is 8.61. The van der Waals surface area contributed by atoms with Gasteiger partial charge in [-0.15, -0.1) is 0 Å². The topological polar surface area (TPSA) is 86.8 Å². The highest BCUT2D eigenvalue weighted by atomic mass is 35.5. The highest BCUT2D eigenvalue weighted by Gasteiger charge is 2.30. The maximum absolute atomic E-state index is 13.6. The minimum atomic E-state index is -3.63. The van der Waals surface area contributed by atoms with E-state index in [0.717, 1.165) is 43.9 Å². The van der Waals surface area contributed by atoms with Crippen LogP contribution >= 0.6 is 11.6 Å². The largest absolute Gasteiger partial charge is 0.352 e. The van der Waals surface area contributed by atoms with Gasteiger partial charge in [0.05, 0.1) is 11.9 Å². The number of nitrogens with zero attached hydrogens (tertiary/aromatic N) is 2. The summed E-state index contributed by atoms with van der Waals surface area (Å²) in [6, 6.07) is 10.3. The second-order valence-corrected chi connectivity index (χ2v) is 12.6. The van der Waals surface area contributed by atoms with Gasteiger partial charge < -0.3 is 10.2 Å². The number of halogens is 2. The van der Waals surface area contributed by atoms with Crippen LogP contribution < -0.4 is 9.62 Å². The van der Waals surface area contributed by atoms with E-state index >= 15 is 0 Å². The van der Waals surface area contributed by atoms with Crippen molar-refractivity contribution in [2.24, 2.45) is 0 Å². The van der Waals surface area contributed by atoms with Gasteiger partial charge in [-0.2, -0.15) is 0 Å². The van der Waals surface area contributed by atoms with Gasteiger partial charge in [0.2, 0.25) is 21.8 Å². The van der Waals surface area contributed by atoms with Gasteiger partial charge in [0.15, 0.2) is 0 Å². The van der Waals surface area contributed by atoms with Crippen LogP contribution in [0.5, 0.6) is 0 Å². The highest BCUT2D eigenvalue weighted by molar-refractivity contribution is 7.92. The molecule has 3 rings (SSSR count). The number of amides is 2. The average molecular weight is 580 g/mol. The second kappa shape index (κ2) is 14.1. The lowest BCUT2D eigenvalue weighted by atomic mass is 9.95. The highest BCUT2D eigenvalue weighted by Crippen LogP contribution is 2.27. The zero-order valence-electron chi connectivity index (χ0n) is 23.0. The fourth-order valence-electron chi connectivity index (χ4n) is 5.08. The zero-order chi connectivity index (χ0) is 28.6. The molecule has 1 atom stereocenters. The summed E-state index contributed by atoms with van der Waals surface area (Å²) in [5, 5.41) is 3.55.